The van der Waals surface area contributed by atoms with Gasteiger partial charge in [0, 0.05) is 16.7 Å². The van der Waals surface area contributed by atoms with Gasteiger partial charge in [-0.2, -0.15) is 0 Å². The topological polar surface area (TPSA) is 51.5 Å². The summed E-state index contributed by atoms with van der Waals surface area (Å²) in [5.74, 6) is -11.5. The largest absolute Gasteiger partial charge is 2.00 e. The van der Waals surface area contributed by atoms with Crippen LogP contribution in [0.4, 0.5) is 27.6 Å². The first-order valence-corrected chi connectivity index (χ1v) is 10.1. The number of benzene rings is 3. The molecule has 0 fully saturated rings. The molecule has 1 radical (unpaired) electrons. The summed E-state index contributed by atoms with van der Waals surface area (Å²) in [6, 6.07) is 18.9. The molecule has 3 aromatic carbocycles. The van der Waals surface area contributed by atoms with Crippen molar-refractivity contribution in [1.82, 2.24) is 4.98 Å². The normalized spacial score (nSPS) is 10.3. The van der Waals surface area contributed by atoms with E-state index in [9.17, 15) is 26.7 Å². The van der Waals surface area contributed by atoms with E-state index in [4.69, 9.17) is 4.74 Å². The molecule has 0 aliphatic heterocycles. The molecule has 4 rings (SSSR count). The Balaban J connectivity index is 0.00000241. The number of halogens is 7. The van der Waals surface area contributed by atoms with Gasteiger partial charge >= 0.3 is 16.8 Å². The predicted molar refractivity (Wildman–Crippen MR) is 120 cm³/mol. The molecule has 0 unspecified atom stereocenters. The number of rotatable bonds is 6. The fourth-order valence-electron chi connectivity index (χ4n) is 3.39. The molecular formula is C26H15Cl2CoF5N2O2. The van der Waals surface area contributed by atoms with E-state index in [0.717, 1.165) is 0 Å². The number of ketones is 1. The van der Waals surface area contributed by atoms with Crippen LogP contribution >= 0.6 is 0 Å². The smallest absolute Gasteiger partial charge is 1.00 e. The third kappa shape index (κ3) is 6.39. The van der Waals surface area contributed by atoms with Crippen LogP contribution in [0.2, 0.25) is 0 Å². The molecule has 199 valence electrons. The number of hydrogen-bond acceptors (Lipinski definition) is 4. The Morgan fingerprint density at radius 2 is 1.32 bits per heavy atom. The van der Waals surface area contributed by atoms with Gasteiger partial charge in [-0.15, -0.1) is 0 Å². The molecule has 12 heteroatoms. The first-order chi connectivity index (χ1) is 16.8. The van der Waals surface area contributed by atoms with Crippen molar-refractivity contribution >= 4 is 17.7 Å². The van der Waals surface area contributed by atoms with E-state index >= 15 is 0 Å². The quantitative estimate of drug-likeness (QED) is 0.106. The van der Waals surface area contributed by atoms with Crippen molar-refractivity contribution in [2.45, 2.75) is 0 Å². The molecule has 0 aliphatic rings. The van der Waals surface area contributed by atoms with Crippen LogP contribution in [0.25, 0.3) is 22.4 Å². The molecule has 1 aromatic heterocycles. The average Bonchev–Trinajstić information content (AvgIpc) is 2.90. The SMILES string of the molecule is COc1ccccc1-c1ccc(-c2ccccc2)nc1C(=O)C=Nc1c(F)c(F)c(F)c(F)c1F.[Cl-].[Cl-].[Co+2]. The van der Waals surface area contributed by atoms with Gasteiger partial charge in [0.25, 0.3) is 0 Å². The third-order valence-electron chi connectivity index (χ3n) is 5.09. The van der Waals surface area contributed by atoms with Crippen molar-refractivity contribution in [2.24, 2.45) is 4.99 Å². The number of pyridine rings is 1. The van der Waals surface area contributed by atoms with Gasteiger partial charge in [-0.25, -0.2) is 31.9 Å². The molecule has 4 nitrogen and oxygen atoms in total. The summed E-state index contributed by atoms with van der Waals surface area (Å²) in [6.07, 6.45) is 0.467. The summed E-state index contributed by atoms with van der Waals surface area (Å²) < 4.78 is 73.7. The van der Waals surface area contributed by atoms with Gasteiger partial charge in [0.1, 0.15) is 17.1 Å². The number of hydrogen-bond donors (Lipinski definition) is 0. The minimum atomic E-state index is -2.32. The Morgan fingerprint density at radius 3 is 1.92 bits per heavy atom. The summed E-state index contributed by atoms with van der Waals surface area (Å²) in [4.78, 5) is 20.8. The number of para-hydroxylation sites is 1. The number of carbonyl (C=O) groups is 1. The van der Waals surface area contributed by atoms with Crippen molar-refractivity contribution in [1.29, 1.82) is 0 Å². The first kappa shape index (κ1) is 32.7. The van der Waals surface area contributed by atoms with E-state index in [2.05, 4.69) is 9.98 Å². The summed E-state index contributed by atoms with van der Waals surface area (Å²) in [6.45, 7) is 0. The van der Waals surface area contributed by atoms with Crippen LogP contribution in [-0.4, -0.2) is 24.1 Å². The van der Waals surface area contributed by atoms with E-state index in [0.29, 0.717) is 34.3 Å². The number of Topliss-reactive ketones (excluding diaryl/α,β-unsaturated/α-hetero) is 1. The van der Waals surface area contributed by atoms with Gasteiger partial charge in [-0.3, -0.25) is 4.79 Å². The maximum atomic E-state index is 14.0. The Morgan fingerprint density at radius 1 is 0.763 bits per heavy atom. The van der Waals surface area contributed by atoms with Gasteiger partial charge in [0.05, 0.1) is 19.0 Å². The zero-order chi connectivity index (χ0) is 25.1. The van der Waals surface area contributed by atoms with Crippen LogP contribution in [0, 0.1) is 29.1 Å². The van der Waals surface area contributed by atoms with Crippen molar-refractivity contribution in [3.63, 3.8) is 0 Å². The Hall–Kier alpha value is -3.31. The molecule has 0 saturated carbocycles. The first-order valence-electron chi connectivity index (χ1n) is 10.1. The number of aliphatic imine (C=N–C) groups is 1. The maximum Gasteiger partial charge on any atom is 2.00 e. The van der Waals surface area contributed by atoms with E-state index < -0.39 is 40.6 Å². The number of ether oxygens (including phenoxy) is 1. The number of aromatic nitrogens is 1. The third-order valence-corrected chi connectivity index (χ3v) is 5.09. The maximum absolute atomic E-state index is 14.0. The summed E-state index contributed by atoms with van der Waals surface area (Å²) in [5, 5.41) is 0. The van der Waals surface area contributed by atoms with E-state index in [-0.39, 0.29) is 47.3 Å². The number of methoxy groups -OCH3 is 1. The Labute approximate surface area is 237 Å². The number of nitrogens with zero attached hydrogens (tertiary/aromatic N) is 2. The molecule has 0 aliphatic carbocycles. The average molecular weight is 612 g/mol. The molecule has 0 N–H and O–H groups in total. The van der Waals surface area contributed by atoms with Crippen LogP contribution in [0.15, 0.2) is 71.7 Å². The summed E-state index contributed by atoms with van der Waals surface area (Å²) in [7, 11) is 1.44. The van der Waals surface area contributed by atoms with Crippen molar-refractivity contribution < 1.29 is 73.1 Å². The molecule has 0 spiro atoms. The number of carbonyl (C=O) groups excluding carboxylic acids is 1. The van der Waals surface area contributed by atoms with Crippen molar-refractivity contribution in [3.05, 3.63) is 102 Å². The van der Waals surface area contributed by atoms with E-state index in [1.54, 1.807) is 66.7 Å². The van der Waals surface area contributed by atoms with Gasteiger partial charge < -0.3 is 29.6 Å². The van der Waals surface area contributed by atoms with Gasteiger partial charge in [0.15, 0.2) is 23.3 Å². The fraction of sp³-hybridized carbons (Fsp3) is 0.0385. The monoisotopic (exact) mass is 611 g/mol. The molecule has 38 heavy (non-hydrogen) atoms. The second kappa shape index (κ2) is 14.0. The molecule has 0 saturated heterocycles. The van der Waals surface area contributed by atoms with Crippen molar-refractivity contribution in [3.8, 4) is 28.1 Å². The fourth-order valence-corrected chi connectivity index (χ4v) is 3.39. The standard InChI is InChI=1S/C26H15F5N2O2.2ClH.Co/c1-35-19-10-6-5-9-15(19)16-11-12-17(14-7-3-2-4-8-14)33-25(16)18(34)13-32-26-23(30)21(28)20(27)22(29)24(26)31;;;/h2-13H,1H3;2*1H;/q;;;+2/p-2. The molecule has 4 aromatic rings. The summed E-state index contributed by atoms with van der Waals surface area (Å²) in [5.41, 5.74) is 0.268. The molecule has 0 amide bonds. The van der Waals surface area contributed by atoms with Crippen LogP contribution in [0.1, 0.15) is 10.5 Å². The zero-order valence-electron chi connectivity index (χ0n) is 19.1. The molecular weight excluding hydrogens is 597 g/mol. The molecule has 0 atom stereocenters. The van der Waals surface area contributed by atoms with Gasteiger partial charge in [-0.1, -0.05) is 48.5 Å². The second-order valence-electron chi connectivity index (χ2n) is 7.20. The van der Waals surface area contributed by atoms with Gasteiger partial charge in [0.2, 0.25) is 11.6 Å². The van der Waals surface area contributed by atoms with Crippen LogP contribution in [0.3, 0.4) is 0 Å². The molecule has 0 bridgehead atoms. The predicted octanol–water partition coefficient (Wildman–Crippen LogP) is 0.710. The zero-order valence-corrected chi connectivity index (χ0v) is 21.7. The Kier molecular flexibility index (Phi) is 12.1. The molecule has 1 heterocycles. The minimum absolute atomic E-state index is 0. The van der Waals surface area contributed by atoms with E-state index in [1.165, 1.54) is 7.11 Å². The minimum Gasteiger partial charge on any atom is -1.00 e. The van der Waals surface area contributed by atoms with Crippen LogP contribution < -0.4 is 29.6 Å². The van der Waals surface area contributed by atoms with Gasteiger partial charge in [-0.05, 0) is 18.2 Å². The second-order valence-corrected chi connectivity index (χ2v) is 7.20. The van der Waals surface area contributed by atoms with Crippen molar-refractivity contribution in [2.75, 3.05) is 7.11 Å². The summed E-state index contributed by atoms with van der Waals surface area (Å²) >= 11 is 0. The van der Waals surface area contributed by atoms with Crippen LogP contribution in [-0.2, 0) is 16.8 Å². The van der Waals surface area contributed by atoms with Crippen LogP contribution in [0.5, 0.6) is 5.75 Å². The van der Waals surface area contributed by atoms with E-state index in [1.807, 2.05) is 0 Å². The Bertz CT molecular complexity index is 1440.